The van der Waals surface area contributed by atoms with E-state index in [1.807, 2.05) is 24.3 Å². The van der Waals surface area contributed by atoms with Gasteiger partial charge in [0, 0.05) is 25.2 Å². The number of benzene rings is 1. The van der Waals surface area contributed by atoms with Crippen molar-refractivity contribution >= 4 is 27.3 Å². The van der Waals surface area contributed by atoms with Gasteiger partial charge in [-0.3, -0.25) is 4.79 Å². The topological polar surface area (TPSA) is 75.7 Å². The van der Waals surface area contributed by atoms with Crippen molar-refractivity contribution in [1.82, 2.24) is 9.62 Å². The van der Waals surface area contributed by atoms with Crippen LogP contribution in [0.25, 0.3) is 0 Å². The summed E-state index contributed by atoms with van der Waals surface area (Å²) in [7, 11) is -1.94. The molecule has 2 heterocycles. The summed E-state index contributed by atoms with van der Waals surface area (Å²) in [6, 6.07) is 10.6. The molecule has 1 saturated heterocycles. The largest absolute Gasteiger partial charge is 0.496 e. The number of rotatable bonds is 6. The Hall–Kier alpha value is -1.90. The van der Waals surface area contributed by atoms with Gasteiger partial charge in [-0.05, 0) is 31.0 Å². The van der Waals surface area contributed by atoms with E-state index in [9.17, 15) is 13.2 Å². The van der Waals surface area contributed by atoms with E-state index in [-0.39, 0.29) is 10.1 Å². The summed E-state index contributed by atoms with van der Waals surface area (Å²) < 4.78 is 32.7. The molecule has 1 amide bonds. The van der Waals surface area contributed by atoms with E-state index in [0.717, 1.165) is 42.6 Å². The molecule has 0 atom stereocenters. The number of ether oxygens (including phenoxy) is 1. The van der Waals surface area contributed by atoms with Crippen LogP contribution in [0.3, 0.4) is 0 Å². The van der Waals surface area contributed by atoms with E-state index in [4.69, 9.17) is 4.74 Å². The first-order chi connectivity index (χ1) is 13.0. The number of hydrogen-bond acceptors (Lipinski definition) is 5. The third kappa shape index (κ3) is 4.69. The third-order valence-corrected chi connectivity index (χ3v) is 8.05. The normalized spacial score (nSPS) is 15.9. The Bertz CT molecular complexity index is 885. The van der Waals surface area contributed by atoms with Crippen molar-refractivity contribution in [3.8, 4) is 5.75 Å². The molecule has 0 saturated carbocycles. The molecule has 0 spiro atoms. The highest BCUT2D eigenvalue weighted by molar-refractivity contribution is 7.91. The van der Waals surface area contributed by atoms with E-state index in [0.29, 0.717) is 30.3 Å². The van der Waals surface area contributed by atoms with Crippen molar-refractivity contribution in [3.05, 3.63) is 46.8 Å². The molecule has 0 aliphatic carbocycles. The summed E-state index contributed by atoms with van der Waals surface area (Å²) in [4.78, 5) is 12.8. The molecule has 6 nitrogen and oxygen atoms in total. The molecule has 1 aliphatic heterocycles. The number of methoxy groups -OCH3 is 1. The number of amides is 1. The van der Waals surface area contributed by atoms with Gasteiger partial charge < -0.3 is 10.1 Å². The molecule has 0 radical (unpaired) electrons. The fraction of sp³-hybridized carbons (Fsp3) is 0.421. The van der Waals surface area contributed by atoms with Gasteiger partial charge in [0.25, 0.3) is 15.9 Å². The lowest BCUT2D eigenvalue weighted by Crippen LogP contribution is -2.31. The van der Waals surface area contributed by atoms with Crippen molar-refractivity contribution in [1.29, 1.82) is 0 Å². The maximum absolute atomic E-state index is 12.8. The van der Waals surface area contributed by atoms with Crippen LogP contribution in [0.15, 0.2) is 40.6 Å². The maximum Gasteiger partial charge on any atom is 0.261 e. The third-order valence-electron chi connectivity index (χ3n) is 4.60. The van der Waals surface area contributed by atoms with E-state index < -0.39 is 10.0 Å². The van der Waals surface area contributed by atoms with Gasteiger partial charge in [-0.1, -0.05) is 31.0 Å². The van der Waals surface area contributed by atoms with Crippen LogP contribution in [0.1, 0.15) is 40.9 Å². The second kappa shape index (κ2) is 8.86. The van der Waals surface area contributed by atoms with Gasteiger partial charge in [-0.25, -0.2) is 8.42 Å². The zero-order valence-electron chi connectivity index (χ0n) is 15.3. The predicted molar refractivity (Wildman–Crippen MR) is 106 cm³/mol. The van der Waals surface area contributed by atoms with Crippen LogP contribution in [0.5, 0.6) is 5.75 Å². The Kier molecular flexibility index (Phi) is 6.51. The second-order valence-electron chi connectivity index (χ2n) is 6.43. The van der Waals surface area contributed by atoms with Gasteiger partial charge in [0.1, 0.15) is 9.96 Å². The van der Waals surface area contributed by atoms with Crippen molar-refractivity contribution in [2.24, 2.45) is 0 Å². The highest BCUT2D eigenvalue weighted by atomic mass is 32.2. The van der Waals surface area contributed by atoms with E-state index >= 15 is 0 Å². The first kappa shape index (κ1) is 19.9. The Morgan fingerprint density at radius 3 is 2.52 bits per heavy atom. The number of nitrogens with zero attached hydrogens (tertiary/aromatic N) is 1. The minimum Gasteiger partial charge on any atom is -0.496 e. The number of carbonyl (C=O) groups excluding carboxylic acids is 1. The Morgan fingerprint density at radius 1 is 1.11 bits per heavy atom. The number of para-hydroxylation sites is 1. The Morgan fingerprint density at radius 2 is 1.81 bits per heavy atom. The van der Waals surface area contributed by atoms with Crippen LogP contribution >= 0.6 is 11.3 Å². The van der Waals surface area contributed by atoms with Crippen LogP contribution in [0, 0.1) is 0 Å². The molecule has 3 rings (SSSR count). The van der Waals surface area contributed by atoms with Crippen molar-refractivity contribution in [3.63, 3.8) is 0 Å². The molecule has 1 aromatic heterocycles. The summed E-state index contributed by atoms with van der Waals surface area (Å²) >= 11 is 1.02. The van der Waals surface area contributed by atoms with Crippen LogP contribution in [-0.4, -0.2) is 38.8 Å². The van der Waals surface area contributed by atoms with E-state index in [2.05, 4.69) is 5.32 Å². The Balaban J connectivity index is 1.68. The van der Waals surface area contributed by atoms with Gasteiger partial charge in [0.15, 0.2) is 0 Å². The summed E-state index contributed by atoms with van der Waals surface area (Å²) in [6.07, 6.45) is 3.90. The monoisotopic (exact) mass is 408 g/mol. The second-order valence-corrected chi connectivity index (χ2v) is 9.68. The molecular weight excluding hydrogens is 384 g/mol. The van der Waals surface area contributed by atoms with E-state index in [1.165, 1.54) is 6.07 Å². The number of sulfonamides is 1. The highest BCUT2D eigenvalue weighted by Gasteiger charge is 2.27. The number of thiophene rings is 1. The number of nitrogens with one attached hydrogen (secondary N) is 1. The molecule has 146 valence electrons. The molecule has 0 unspecified atom stereocenters. The van der Waals surface area contributed by atoms with E-state index in [1.54, 1.807) is 17.5 Å². The smallest absolute Gasteiger partial charge is 0.261 e. The van der Waals surface area contributed by atoms with Gasteiger partial charge in [-0.15, -0.1) is 11.3 Å². The average Bonchev–Trinajstić information content (AvgIpc) is 3.02. The van der Waals surface area contributed by atoms with Crippen LogP contribution in [-0.2, 0) is 16.6 Å². The van der Waals surface area contributed by atoms with Crippen molar-refractivity contribution in [2.45, 2.75) is 36.4 Å². The maximum atomic E-state index is 12.8. The first-order valence-corrected chi connectivity index (χ1v) is 11.3. The molecule has 1 aromatic carbocycles. The van der Waals surface area contributed by atoms with Crippen LogP contribution < -0.4 is 10.1 Å². The van der Waals surface area contributed by atoms with Crippen LogP contribution in [0.2, 0.25) is 0 Å². The minimum absolute atomic E-state index is 0.229. The molecule has 1 N–H and O–H groups in total. The summed E-state index contributed by atoms with van der Waals surface area (Å²) in [6.45, 7) is 1.42. The Labute approximate surface area is 164 Å². The van der Waals surface area contributed by atoms with Gasteiger partial charge >= 0.3 is 0 Å². The number of carbonyl (C=O) groups is 1. The zero-order chi connectivity index (χ0) is 19.3. The average molecular weight is 409 g/mol. The van der Waals surface area contributed by atoms with Crippen molar-refractivity contribution in [2.75, 3.05) is 20.2 Å². The van der Waals surface area contributed by atoms with Gasteiger partial charge in [0.05, 0.1) is 12.0 Å². The molecule has 2 aromatic rings. The lowest BCUT2D eigenvalue weighted by Gasteiger charge is -2.18. The molecule has 0 bridgehead atoms. The first-order valence-electron chi connectivity index (χ1n) is 9.02. The molecule has 1 aliphatic rings. The molecule has 27 heavy (non-hydrogen) atoms. The minimum atomic E-state index is -3.52. The lowest BCUT2D eigenvalue weighted by molar-refractivity contribution is 0.0954. The van der Waals surface area contributed by atoms with Crippen molar-refractivity contribution < 1.29 is 17.9 Å². The van der Waals surface area contributed by atoms with Gasteiger partial charge in [-0.2, -0.15) is 4.31 Å². The zero-order valence-corrected chi connectivity index (χ0v) is 16.9. The van der Waals surface area contributed by atoms with Gasteiger partial charge in [0.2, 0.25) is 0 Å². The highest BCUT2D eigenvalue weighted by Crippen LogP contribution is 2.27. The quantitative estimate of drug-likeness (QED) is 0.796. The number of hydrogen-bond donors (Lipinski definition) is 1. The fourth-order valence-corrected chi connectivity index (χ4v) is 6.00. The summed E-state index contributed by atoms with van der Waals surface area (Å²) in [5.74, 6) is 0.414. The lowest BCUT2D eigenvalue weighted by atomic mass is 10.2. The molecule has 1 fully saturated rings. The molecule has 8 heteroatoms. The molecular formula is C19H24N2O4S2. The summed E-state index contributed by atoms with van der Waals surface area (Å²) in [5, 5.41) is 2.83. The standard InChI is InChI=1S/C19H24N2O4S2/c1-25-16-9-5-4-8-15(16)14-20-19(22)17-10-11-18(26-17)27(23,24)21-12-6-2-3-7-13-21/h4-5,8-11H,2-3,6-7,12-14H2,1H3,(H,20,22). The SMILES string of the molecule is COc1ccccc1CNC(=O)c1ccc(S(=O)(=O)N2CCCCCC2)s1. The van der Waals surface area contributed by atoms with Crippen LogP contribution in [0.4, 0.5) is 0 Å². The predicted octanol–water partition coefficient (Wildman–Crippen LogP) is 3.25. The fourth-order valence-electron chi connectivity index (χ4n) is 3.10. The summed E-state index contributed by atoms with van der Waals surface area (Å²) in [5.41, 5.74) is 0.863.